The van der Waals surface area contributed by atoms with Crippen molar-refractivity contribution in [2.75, 3.05) is 37.9 Å². The van der Waals surface area contributed by atoms with Crippen molar-refractivity contribution in [1.82, 2.24) is 9.97 Å². The van der Waals surface area contributed by atoms with Crippen LogP contribution in [-0.2, 0) is 4.74 Å². The predicted octanol–water partition coefficient (Wildman–Crippen LogP) is 4.42. The van der Waals surface area contributed by atoms with Crippen LogP contribution >= 0.6 is 11.3 Å². The van der Waals surface area contributed by atoms with Gasteiger partial charge in [-0.1, -0.05) is 18.3 Å². The Morgan fingerprint density at radius 1 is 1.32 bits per heavy atom. The molecule has 1 atom stereocenters. The molecular weight excluding hydrogens is 381 g/mol. The van der Waals surface area contributed by atoms with E-state index in [0.29, 0.717) is 23.6 Å². The molecule has 2 aromatic heterocycles. The Morgan fingerprint density at radius 2 is 2.18 bits per heavy atom. The lowest BCUT2D eigenvalue weighted by Gasteiger charge is -2.25. The summed E-state index contributed by atoms with van der Waals surface area (Å²) in [5, 5.41) is 1.00. The maximum atomic E-state index is 12.9. The second-order valence-corrected chi connectivity index (χ2v) is 7.50. The Bertz CT molecular complexity index is 945. The smallest absolute Gasteiger partial charge is 0.220 e. The minimum absolute atomic E-state index is 0.438. The number of ether oxygens (including phenoxy) is 2. The van der Waals surface area contributed by atoms with E-state index >= 15 is 0 Å². The number of aromatic nitrogens is 2. The molecule has 3 heterocycles. The van der Waals surface area contributed by atoms with E-state index in [4.69, 9.17) is 13.9 Å². The first-order valence-electron chi connectivity index (χ1n) is 9.35. The van der Waals surface area contributed by atoms with E-state index in [1.165, 1.54) is 0 Å². The van der Waals surface area contributed by atoms with E-state index in [1.54, 1.807) is 23.5 Å². The molecule has 0 amide bonds. The third kappa shape index (κ3) is 4.34. The maximum absolute atomic E-state index is 12.9. The van der Waals surface area contributed by atoms with Gasteiger partial charge in [0, 0.05) is 36.3 Å². The first kappa shape index (κ1) is 18.9. The SMILES string of the molecule is CCC(CF)Oc1ccc2nc(/C=C/c3cnc(N4CCOCC4)s3)oc2c1. The van der Waals surface area contributed by atoms with Gasteiger partial charge in [0.2, 0.25) is 5.89 Å². The van der Waals surface area contributed by atoms with E-state index in [1.807, 2.05) is 31.3 Å². The Morgan fingerprint density at radius 3 is 2.96 bits per heavy atom. The Hall–Kier alpha value is -2.45. The molecule has 8 heteroatoms. The number of oxazole rings is 1. The van der Waals surface area contributed by atoms with Crippen LogP contribution in [0.25, 0.3) is 23.3 Å². The zero-order valence-electron chi connectivity index (χ0n) is 15.6. The molecule has 28 heavy (non-hydrogen) atoms. The lowest BCUT2D eigenvalue weighted by molar-refractivity contribution is 0.122. The molecule has 1 aliphatic rings. The molecule has 0 aliphatic carbocycles. The molecule has 0 radical (unpaired) electrons. The van der Waals surface area contributed by atoms with Crippen LogP contribution in [0.1, 0.15) is 24.1 Å². The van der Waals surface area contributed by atoms with E-state index in [-0.39, 0.29) is 0 Å². The van der Waals surface area contributed by atoms with Crippen molar-refractivity contribution < 1.29 is 18.3 Å². The zero-order chi connectivity index (χ0) is 19.3. The number of hydrogen-bond acceptors (Lipinski definition) is 7. The first-order valence-corrected chi connectivity index (χ1v) is 10.2. The minimum Gasteiger partial charge on any atom is -0.488 e. The largest absolute Gasteiger partial charge is 0.488 e. The molecule has 4 rings (SSSR count). The second kappa shape index (κ2) is 8.70. The minimum atomic E-state index is -0.514. The van der Waals surface area contributed by atoms with Crippen molar-refractivity contribution in [2.45, 2.75) is 19.4 Å². The Labute approximate surface area is 166 Å². The van der Waals surface area contributed by atoms with Gasteiger partial charge in [0.15, 0.2) is 10.7 Å². The van der Waals surface area contributed by atoms with Gasteiger partial charge in [0.05, 0.1) is 13.2 Å². The van der Waals surface area contributed by atoms with Crippen LogP contribution in [0.15, 0.2) is 28.8 Å². The van der Waals surface area contributed by atoms with Gasteiger partial charge in [-0.05, 0) is 24.6 Å². The van der Waals surface area contributed by atoms with Crippen molar-refractivity contribution >= 4 is 39.7 Å². The van der Waals surface area contributed by atoms with Crippen molar-refractivity contribution in [1.29, 1.82) is 0 Å². The standard InChI is InChI=1S/C20H22FN3O3S/c1-2-14(12-21)26-15-3-5-17-18(11-15)27-19(23-17)6-4-16-13-22-20(28-16)24-7-9-25-10-8-24/h3-6,11,13-14H,2,7-10,12H2,1H3/b6-4+. The van der Waals surface area contributed by atoms with Gasteiger partial charge in [-0.2, -0.15) is 0 Å². The first-order chi connectivity index (χ1) is 13.7. The molecule has 1 aliphatic heterocycles. The summed E-state index contributed by atoms with van der Waals surface area (Å²) in [6.45, 7) is 4.60. The monoisotopic (exact) mass is 403 g/mol. The van der Waals surface area contributed by atoms with Gasteiger partial charge in [0.1, 0.15) is 24.0 Å². The highest BCUT2D eigenvalue weighted by Crippen LogP contribution is 2.26. The van der Waals surface area contributed by atoms with Crippen molar-refractivity contribution in [3.63, 3.8) is 0 Å². The fourth-order valence-electron chi connectivity index (χ4n) is 2.89. The molecule has 3 aromatic rings. The number of anilines is 1. The molecule has 0 saturated carbocycles. The van der Waals surface area contributed by atoms with Gasteiger partial charge < -0.3 is 18.8 Å². The molecule has 1 fully saturated rings. The normalized spacial score (nSPS) is 16.1. The summed E-state index contributed by atoms with van der Waals surface area (Å²) in [4.78, 5) is 12.2. The van der Waals surface area contributed by atoms with Crippen LogP contribution in [0.4, 0.5) is 9.52 Å². The van der Waals surface area contributed by atoms with Gasteiger partial charge in [-0.3, -0.25) is 0 Å². The number of nitrogens with zero attached hydrogens (tertiary/aromatic N) is 3. The van der Waals surface area contributed by atoms with Crippen LogP contribution in [0, 0.1) is 0 Å². The fourth-order valence-corrected chi connectivity index (χ4v) is 3.76. The van der Waals surface area contributed by atoms with Crippen molar-refractivity contribution in [2.24, 2.45) is 0 Å². The lowest BCUT2D eigenvalue weighted by atomic mass is 10.3. The summed E-state index contributed by atoms with van der Waals surface area (Å²) in [6, 6.07) is 5.36. The molecule has 6 nitrogen and oxygen atoms in total. The third-order valence-corrected chi connectivity index (χ3v) is 5.51. The second-order valence-electron chi connectivity index (χ2n) is 6.46. The number of thiazole rings is 1. The number of morpholine rings is 1. The molecular formula is C20H22FN3O3S. The maximum Gasteiger partial charge on any atom is 0.220 e. The quantitative estimate of drug-likeness (QED) is 0.582. The molecule has 1 saturated heterocycles. The van der Waals surface area contributed by atoms with E-state index in [0.717, 1.165) is 41.8 Å². The van der Waals surface area contributed by atoms with Gasteiger partial charge in [-0.25, -0.2) is 14.4 Å². The summed E-state index contributed by atoms with van der Waals surface area (Å²) in [6.07, 6.45) is 5.79. The van der Waals surface area contributed by atoms with E-state index in [9.17, 15) is 4.39 Å². The fraction of sp³-hybridized carbons (Fsp3) is 0.400. The average Bonchev–Trinajstić information content (AvgIpc) is 3.37. The third-order valence-electron chi connectivity index (χ3n) is 4.49. The number of hydrogen-bond donors (Lipinski definition) is 0. The van der Waals surface area contributed by atoms with E-state index < -0.39 is 12.8 Å². The van der Waals surface area contributed by atoms with Crippen LogP contribution < -0.4 is 9.64 Å². The van der Waals surface area contributed by atoms with Crippen molar-refractivity contribution in [3.05, 3.63) is 35.2 Å². The number of alkyl halides is 1. The number of halogens is 1. The molecule has 0 bridgehead atoms. The summed E-state index contributed by atoms with van der Waals surface area (Å²) in [7, 11) is 0. The lowest BCUT2D eigenvalue weighted by Crippen LogP contribution is -2.36. The van der Waals surface area contributed by atoms with Crippen LogP contribution in [0.2, 0.25) is 0 Å². The zero-order valence-corrected chi connectivity index (χ0v) is 16.5. The molecule has 1 unspecified atom stereocenters. The molecule has 0 N–H and O–H groups in total. The Balaban J connectivity index is 1.46. The molecule has 0 spiro atoms. The number of rotatable bonds is 7. The van der Waals surface area contributed by atoms with Crippen LogP contribution in [0.5, 0.6) is 5.75 Å². The van der Waals surface area contributed by atoms with Gasteiger partial charge in [0.25, 0.3) is 0 Å². The van der Waals surface area contributed by atoms with Crippen LogP contribution in [0.3, 0.4) is 0 Å². The summed E-state index contributed by atoms with van der Waals surface area (Å²) in [5.41, 5.74) is 1.35. The highest BCUT2D eigenvalue weighted by atomic mass is 32.1. The van der Waals surface area contributed by atoms with E-state index in [2.05, 4.69) is 14.9 Å². The topological polar surface area (TPSA) is 60.6 Å². The molecule has 1 aromatic carbocycles. The summed E-state index contributed by atoms with van der Waals surface area (Å²) < 4.78 is 29.6. The Kier molecular flexibility index (Phi) is 5.87. The highest BCUT2D eigenvalue weighted by molar-refractivity contribution is 7.16. The summed E-state index contributed by atoms with van der Waals surface area (Å²) >= 11 is 1.63. The van der Waals surface area contributed by atoms with Gasteiger partial charge in [-0.15, -0.1) is 0 Å². The number of fused-ring (bicyclic) bond motifs is 1. The van der Waals surface area contributed by atoms with Crippen LogP contribution in [-0.4, -0.2) is 49.0 Å². The number of benzene rings is 1. The van der Waals surface area contributed by atoms with Gasteiger partial charge >= 0.3 is 0 Å². The average molecular weight is 403 g/mol. The summed E-state index contributed by atoms with van der Waals surface area (Å²) in [5.74, 6) is 1.09. The molecule has 148 valence electrons. The predicted molar refractivity (Wildman–Crippen MR) is 109 cm³/mol. The van der Waals surface area contributed by atoms with Crippen molar-refractivity contribution in [3.8, 4) is 5.75 Å². The highest BCUT2D eigenvalue weighted by Gasteiger charge is 2.14.